The average molecular weight is 569 g/mol. The van der Waals surface area contributed by atoms with Crippen molar-refractivity contribution >= 4 is 43.5 Å². The highest BCUT2D eigenvalue weighted by Gasteiger charge is 2.32. The zero-order chi connectivity index (χ0) is 26.3. The van der Waals surface area contributed by atoms with Gasteiger partial charge in [0.05, 0.1) is 19.1 Å². The lowest BCUT2D eigenvalue weighted by Gasteiger charge is -2.33. The fourth-order valence-electron chi connectivity index (χ4n) is 3.67. The molecule has 35 heavy (non-hydrogen) atoms. The van der Waals surface area contributed by atoms with E-state index in [9.17, 15) is 18.0 Å². The van der Waals surface area contributed by atoms with Crippen molar-refractivity contribution in [1.82, 2.24) is 10.2 Å². The van der Waals surface area contributed by atoms with E-state index < -0.39 is 28.5 Å². The summed E-state index contributed by atoms with van der Waals surface area (Å²) in [6.07, 6.45) is 1.43. The van der Waals surface area contributed by atoms with Crippen LogP contribution >= 0.6 is 15.9 Å². The number of methoxy groups -OCH3 is 1. The lowest BCUT2D eigenvalue weighted by Crippen LogP contribution is -2.53. The average Bonchev–Trinajstić information content (AvgIpc) is 2.78. The number of anilines is 1. The molecule has 2 aromatic carbocycles. The van der Waals surface area contributed by atoms with Crippen LogP contribution in [0.3, 0.4) is 0 Å². The molecule has 0 saturated heterocycles. The SMILES string of the molecule is CC[C@@H](C(=O)NC(C)C)N(Cc1cccc(OC)c1)C(=O)CN(c1ccc(Br)c(C)c1)S(C)(=O)=O. The lowest BCUT2D eigenvalue weighted by atomic mass is 10.1. The Hall–Kier alpha value is -2.59. The maximum atomic E-state index is 13.7. The van der Waals surface area contributed by atoms with Crippen molar-refractivity contribution in [2.24, 2.45) is 0 Å². The van der Waals surface area contributed by atoms with Gasteiger partial charge in [-0.2, -0.15) is 0 Å². The summed E-state index contributed by atoms with van der Waals surface area (Å²) in [5.41, 5.74) is 1.97. The fraction of sp³-hybridized carbons (Fsp3) is 0.440. The van der Waals surface area contributed by atoms with Crippen molar-refractivity contribution < 1.29 is 22.7 Å². The Bertz CT molecular complexity index is 1150. The van der Waals surface area contributed by atoms with Crippen LogP contribution in [0.5, 0.6) is 5.75 Å². The number of amides is 2. The molecule has 0 aromatic heterocycles. The molecule has 0 aliphatic rings. The van der Waals surface area contributed by atoms with Gasteiger partial charge in [0.15, 0.2) is 0 Å². The number of carbonyl (C=O) groups excluding carboxylic acids is 2. The van der Waals surface area contributed by atoms with Gasteiger partial charge < -0.3 is 15.0 Å². The van der Waals surface area contributed by atoms with Gasteiger partial charge in [-0.3, -0.25) is 13.9 Å². The molecule has 0 bridgehead atoms. The molecule has 0 fully saturated rings. The predicted octanol–water partition coefficient (Wildman–Crippen LogP) is 3.86. The molecule has 2 amide bonds. The number of hydrogen-bond acceptors (Lipinski definition) is 5. The third-order valence-electron chi connectivity index (χ3n) is 5.41. The van der Waals surface area contributed by atoms with E-state index in [1.165, 1.54) is 4.90 Å². The second-order valence-corrected chi connectivity index (χ2v) is 11.4. The Morgan fingerprint density at radius 1 is 1.14 bits per heavy atom. The molecule has 2 rings (SSSR count). The van der Waals surface area contributed by atoms with Crippen LogP contribution in [0.15, 0.2) is 46.9 Å². The quantitative estimate of drug-likeness (QED) is 0.444. The van der Waals surface area contributed by atoms with Crippen LogP contribution in [0.4, 0.5) is 5.69 Å². The highest BCUT2D eigenvalue weighted by atomic mass is 79.9. The smallest absolute Gasteiger partial charge is 0.244 e. The maximum Gasteiger partial charge on any atom is 0.244 e. The fourth-order valence-corrected chi connectivity index (χ4v) is 4.75. The van der Waals surface area contributed by atoms with Crippen LogP contribution < -0.4 is 14.4 Å². The summed E-state index contributed by atoms with van der Waals surface area (Å²) in [5, 5.41) is 2.87. The number of aryl methyl sites for hydroxylation is 1. The van der Waals surface area contributed by atoms with Gasteiger partial charge in [0, 0.05) is 17.1 Å². The minimum Gasteiger partial charge on any atom is -0.497 e. The van der Waals surface area contributed by atoms with Crippen LogP contribution in [-0.2, 0) is 26.2 Å². The standard InChI is InChI=1S/C25H34BrN3O5S/c1-7-23(25(31)27-17(2)3)28(15-19-9-8-10-21(14-19)34-5)24(30)16-29(35(6,32)33)20-11-12-22(26)18(4)13-20/h8-14,17,23H,7,15-16H2,1-6H3,(H,27,31)/t23-/m0/s1. The van der Waals surface area contributed by atoms with E-state index in [1.54, 1.807) is 43.5 Å². The molecule has 0 aliphatic heterocycles. The van der Waals surface area contributed by atoms with Gasteiger partial charge >= 0.3 is 0 Å². The second-order valence-electron chi connectivity index (χ2n) is 8.66. The molecule has 1 N–H and O–H groups in total. The first kappa shape index (κ1) is 28.6. The first-order valence-electron chi connectivity index (χ1n) is 11.3. The molecular formula is C25H34BrN3O5S. The van der Waals surface area contributed by atoms with Crippen LogP contribution in [0.1, 0.15) is 38.3 Å². The monoisotopic (exact) mass is 567 g/mol. The van der Waals surface area contributed by atoms with Gasteiger partial charge in [0.25, 0.3) is 0 Å². The zero-order valence-electron chi connectivity index (χ0n) is 21.0. The van der Waals surface area contributed by atoms with Crippen LogP contribution in [0.2, 0.25) is 0 Å². The number of benzene rings is 2. The number of halogens is 1. The van der Waals surface area contributed by atoms with Crippen LogP contribution in [-0.4, -0.2) is 57.1 Å². The molecular weight excluding hydrogens is 534 g/mol. The molecule has 2 aromatic rings. The van der Waals surface area contributed by atoms with Crippen molar-refractivity contribution in [3.63, 3.8) is 0 Å². The molecule has 0 spiro atoms. The third-order valence-corrected chi connectivity index (χ3v) is 7.44. The zero-order valence-corrected chi connectivity index (χ0v) is 23.4. The Kier molecular flexibility index (Phi) is 10.1. The normalized spacial score (nSPS) is 12.2. The molecule has 0 heterocycles. The van der Waals surface area contributed by atoms with Crippen molar-refractivity contribution in [2.45, 2.75) is 52.7 Å². The number of rotatable bonds is 11. The van der Waals surface area contributed by atoms with Gasteiger partial charge in [-0.15, -0.1) is 0 Å². The molecule has 10 heteroatoms. The largest absolute Gasteiger partial charge is 0.497 e. The number of hydrogen-bond donors (Lipinski definition) is 1. The van der Waals surface area contributed by atoms with Crippen LogP contribution in [0, 0.1) is 6.92 Å². The Morgan fingerprint density at radius 3 is 2.37 bits per heavy atom. The van der Waals surface area contributed by atoms with Gasteiger partial charge in [-0.05, 0) is 68.7 Å². The molecule has 192 valence electrons. The summed E-state index contributed by atoms with van der Waals surface area (Å²) in [6.45, 7) is 7.05. The van der Waals surface area contributed by atoms with E-state index in [-0.39, 0.29) is 18.5 Å². The van der Waals surface area contributed by atoms with E-state index in [2.05, 4.69) is 21.2 Å². The van der Waals surface area contributed by atoms with Crippen molar-refractivity contribution in [2.75, 3.05) is 24.2 Å². The number of sulfonamides is 1. The molecule has 1 atom stereocenters. The van der Waals surface area contributed by atoms with E-state index in [1.807, 2.05) is 33.8 Å². The van der Waals surface area contributed by atoms with Gasteiger partial charge in [0.2, 0.25) is 21.8 Å². The van der Waals surface area contributed by atoms with Gasteiger partial charge in [-0.1, -0.05) is 35.0 Å². The molecule has 8 nitrogen and oxygen atoms in total. The molecule has 0 saturated carbocycles. The van der Waals surface area contributed by atoms with Crippen LogP contribution in [0.25, 0.3) is 0 Å². The predicted molar refractivity (Wildman–Crippen MR) is 142 cm³/mol. The van der Waals surface area contributed by atoms with E-state index in [0.29, 0.717) is 17.9 Å². The first-order valence-corrected chi connectivity index (χ1v) is 14.0. The third kappa shape index (κ3) is 7.96. The van der Waals surface area contributed by atoms with Gasteiger partial charge in [-0.25, -0.2) is 8.42 Å². The highest BCUT2D eigenvalue weighted by molar-refractivity contribution is 9.10. The van der Waals surface area contributed by atoms with E-state index in [4.69, 9.17) is 4.74 Å². The van der Waals surface area contributed by atoms with Crippen molar-refractivity contribution in [3.05, 3.63) is 58.1 Å². The summed E-state index contributed by atoms with van der Waals surface area (Å²) in [7, 11) is -2.23. The lowest BCUT2D eigenvalue weighted by molar-refractivity contribution is -0.140. The molecule has 0 unspecified atom stereocenters. The molecule has 0 radical (unpaired) electrons. The number of ether oxygens (including phenoxy) is 1. The van der Waals surface area contributed by atoms with E-state index in [0.717, 1.165) is 26.2 Å². The minimum atomic E-state index is -3.78. The first-order chi connectivity index (χ1) is 16.4. The summed E-state index contributed by atoms with van der Waals surface area (Å²) < 4.78 is 32.6. The van der Waals surface area contributed by atoms with Crippen molar-refractivity contribution in [1.29, 1.82) is 0 Å². The highest BCUT2D eigenvalue weighted by Crippen LogP contribution is 2.25. The van der Waals surface area contributed by atoms with Crippen molar-refractivity contribution in [3.8, 4) is 5.75 Å². The van der Waals surface area contributed by atoms with Gasteiger partial charge in [0.1, 0.15) is 18.3 Å². The Balaban J connectivity index is 2.47. The minimum absolute atomic E-state index is 0.108. The molecule has 0 aliphatic carbocycles. The Morgan fingerprint density at radius 2 is 1.83 bits per heavy atom. The number of nitrogens with one attached hydrogen (secondary N) is 1. The summed E-state index contributed by atoms with van der Waals surface area (Å²) >= 11 is 3.42. The van der Waals surface area contributed by atoms with E-state index >= 15 is 0 Å². The summed E-state index contributed by atoms with van der Waals surface area (Å²) in [4.78, 5) is 28.1. The summed E-state index contributed by atoms with van der Waals surface area (Å²) in [6, 6.07) is 11.4. The Labute approximate surface area is 216 Å². The number of carbonyl (C=O) groups is 2. The second kappa shape index (κ2) is 12.4. The maximum absolute atomic E-state index is 13.7. The topological polar surface area (TPSA) is 96.0 Å². The summed E-state index contributed by atoms with van der Waals surface area (Å²) in [5.74, 6) is -0.147. The number of nitrogens with zero attached hydrogens (tertiary/aromatic N) is 2.